The van der Waals surface area contributed by atoms with Crippen molar-refractivity contribution in [2.45, 2.75) is 44.6 Å². The van der Waals surface area contributed by atoms with Gasteiger partial charge in [0.25, 0.3) is 0 Å². The molecule has 1 spiro atoms. The molecule has 1 aromatic heterocycles. The van der Waals surface area contributed by atoms with Gasteiger partial charge in [-0.2, -0.15) is 0 Å². The van der Waals surface area contributed by atoms with E-state index in [9.17, 15) is 4.79 Å². The van der Waals surface area contributed by atoms with Gasteiger partial charge in [0.2, 0.25) is 5.91 Å². The second-order valence-electron chi connectivity index (χ2n) is 8.03. The van der Waals surface area contributed by atoms with E-state index in [1.807, 2.05) is 12.1 Å². The minimum Gasteiger partial charge on any atom is -0.469 e. The van der Waals surface area contributed by atoms with Gasteiger partial charge in [0.05, 0.1) is 18.9 Å². The van der Waals surface area contributed by atoms with Gasteiger partial charge in [-0.25, -0.2) is 0 Å². The van der Waals surface area contributed by atoms with Crippen molar-refractivity contribution in [1.29, 1.82) is 0 Å². The molecule has 4 rings (SSSR count). The van der Waals surface area contributed by atoms with Crippen LogP contribution in [0.4, 0.5) is 0 Å². The Bertz CT molecular complexity index is 654. The standard InChI is InChI=1S/C20H30N4O3/c25-18-12-20(14-23-18)7-3-9-24(15-20)19(22-13-17-5-2-11-27-17)21-8-6-16-4-1-10-26-16/h1,4,10,17H,2-3,5-9,11-15H2,(H,21,22)(H,23,25). The predicted octanol–water partition coefficient (Wildman–Crippen LogP) is 1.55. The number of rotatable bonds is 5. The monoisotopic (exact) mass is 374 g/mol. The van der Waals surface area contributed by atoms with E-state index in [0.717, 1.165) is 76.6 Å². The molecule has 2 N–H and O–H groups in total. The van der Waals surface area contributed by atoms with E-state index in [2.05, 4.69) is 15.5 Å². The molecule has 0 radical (unpaired) electrons. The van der Waals surface area contributed by atoms with Gasteiger partial charge in [-0.05, 0) is 37.8 Å². The average Bonchev–Trinajstić information content (AvgIpc) is 3.42. The Labute approximate surface area is 160 Å². The lowest BCUT2D eigenvalue weighted by molar-refractivity contribution is -0.119. The molecule has 2 atom stereocenters. The molecule has 0 bridgehead atoms. The molecule has 4 heterocycles. The van der Waals surface area contributed by atoms with Gasteiger partial charge in [0.15, 0.2) is 5.96 Å². The molecular weight excluding hydrogens is 344 g/mol. The van der Waals surface area contributed by atoms with Gasteiger partial charge in [-0.15, -0.1) is 0 Å². The summed E-state index contributed by atoms with van der Waals surface area (Å²) in [5.74, 6) is 2.10. The third-order valence-electron chi connectivity index (χ3n) is 5.86. The van der Waals surface area contributed by atoms with Crippen molar-refractivity contribution in [3.63, 3.8) is 0 Å². The summed E-state index contributed by atoms with van der Waals surface area (Å²) in [6, 6.07) is 3.91. The first-order valence-electron chi connectivity index (χ1n) is 10.2. The van der Waals surface area contributed by atoms with Gasteiger partial charge < -0.3 is 24.7 Å². The highest BCUT2D eigenvalue weighted by Gasteiger charge is 2.42. The van der Waals surface area contributed by atoms with Crippen LogP contribution in [0, 0.1) is 5.41 Å². The normalized spacial score (nSPS) is 28.7. The second-order valence-corrected chi connectivity index (χ2v) is 8.03. The number of hydrogen-bond donors (Lipinski definition) is 2. The SMILES string of the molecule is O=C1CC2(CCCN(C(=NCC3CCCO3)NCCc3ccco3)C2)CN1. The molecule has 1 aromatic rings. The summed E-state index contributed by atoms with van der Waals surface area (Å²) in [5, 5.41) is 6.54. The van der Waals surface area contributed by atoms with Crippen LogP contribution in [0.2, 0.25) is 0 Å². The number of nitrogens with zero attached hydrogens (tertiary/aromatic N) is 2. The molecular formula is C20H30N4O3. The largest absolute Gasteiger partial charge is 0.469 e. The van der Waals surface area contributed by atoms with E-state index >= 15 is 0 Å². The zero-order valence-electron chi connectivity index (χ0n) is 15.9. The highest BCUT2D eigenvalue weighted by atomic mass is 16.5. The van der Waals surface area contributed by atoms with E-state index in [4.69, 9.17) is 14.1 Å². The quantitative estimate of drug-likeness (QED) is 0.604. The van der Waals surface area contributed by atoms with Gasteiger partial charge in [-0.1, -0.05) is 0 Å². The van der Waals surface area contributed by atoms with Gasteiger partial charge >= 0.3 is 0 Å². The number of likely N-dealkylation sites (tertiary alicyclic amines) is 1. The summed E-state index contributed by atoms with van der Waals surface area (Å²) >= 11 is 0. The highest BCUT2D eigenvalue weighted by Crippen LogP contribution is 2.36. The number of amides is 1. The smallest absolute Gasteiger partial charge is 0.220 e. The van der Waals surface area contributed by atoms with Crippen LogP contribution in [-0.4, -0.2) is 62.2 Å². The maximum atomic E-state index is 11.8. The van der Waals surface area contributed by atoms with Gasteiger partial charge in [-0.3, -0.25) is 9.79 Å². The third-order valence-corrected chi connectivity index (χ3v) is 5.86. The Hall–Kier alpha value is -2.02. The van der Waals surface area contributed by atoms with E-state index in [0.29, 0.717) is 13.0 Å². The number of piperidine rings is 1. The molecule has 1 amide bonds. The van der Waals surface area contributed by atoms with Crippen molar-refractivity contribution in [3.8, 4) is 0 Å². The molecule has 148 valence electrons. The van der Waals surface area contributed by atoms with E-state index < -0.39 is 0 Å². The first-order chi connectivity index (χ1) is 13.2. The molecule has 0 aromatic carbocycles. The first-order valence-corrected chi connectivity index (χ1v) is 10.2. The number of nitrogens with one attached hydrogen (secondary N) is 2. The average molecular weight is 374 g/mol. The minimum absolute atomic E-state index is 0.0582. The number of ether oxygens (including phenoxy) is 1. The molecule has 2 unspecified atom stereocenters. The van der Waals surface area contributed by atoms with Crippen LogP contribution in [0.5, 0.6) is 0 Å². The van der Waals surface area contributed by atoms with Crippen molar-refractivity contribution in [2.24, 2.45) is 10.4 Å². The fraction of sp³-hybridized carbons (Fsp3) is 0.700. The van der Waals surface area contributed by atoms with Crippen LogP contribution in [0.3, 0.4) is 0 Å². The summed E-state index contributed by atoms with van der Waals surface area (Å²) in [4.78, 5) is 19.0. The van der Waals surface area contributed by atoms with Gasteiger partial charge in [0.1, 0.15) is 5.76 Å². The number of guanidine groups is 1. The van der Waals surface area contributed by atoms with E-state index in [1.165, 1.54) is 0 Å². The lowest BCUT2D eigenvalue weighted by Gasteiger charge is -2.41. The lowest BCUT2D eigenvalue weighted by Crippen LogP contribution is -2.51. The fourth-order valence-corrected chi connectivity index (χ4v) is 4.43. The molecule has 7 nitrogen and oxygen atoms in total. The zero-order valence-corrected chi connectivity index (χ0v) is 15.9. The summed E-state index contributed by atoms with van der Waals surface area (Å²) in [6.07, 6.45) is 7.81. The van der Waals surface area contributed by atoms with Crippen molar-refractivity contribution in [2.75, 3.05) is 39.3 Å². The minimum atomic E-state index is 0.0582. The Morgan fingerprint density at radius 2 is 2.41 bits per heavy atom. The zero-order chi connectivity index (χ0) is 18.5. The van der Waals surface area contributed by atoms with Crippen molar-refractivity contribution >= 4 is 11.9 Å². The van der Waals surface area contributed by atoms with E-state index in [-0.39, 0.29) is 17.4 Å². The summed E-state index contributed by atoms with van der Waals surface area (Å²) in [7, 11) is 0. The maximum absolute atomic E-state index is 11.8. The molecule has 3 aliphatic rings. The highest BCUT2D eigenvalue weighted by molar-refractivity contribution is 5.81. The summed E-state index contributed by atoms with van der Waals surface area (Å²) in [5.41, 5.74) is 0.0582. The van der Waals surface area contributed by atoms with E-state index in [1.54, 1.807) is 6.26 Å². The van der Waals surface area contributed by atoms with Crippen molar-refractivity contribution in [1.82, 2.24) is 15.5 Å². The van der Waals surface area contributed by atoms with Crippen LogP contribution in [0.25, 0.3) is 0 Å². The number of furan rings is 1. The molecule has 0 saturated carbocycles. The Balaban J connectivity index is 1.40. The topological polar surface area (TPSA) is 79.1 Å². The van der Waals surface area contributed by atoms with Crippen molar-refractivity contribution in [3.05, 3.63) is 24.2 Å². The number of aliphatic imine (C=N–C) groups is 1. The van der Waals surface area contributed by atoms with Crippen LogP contribution < -0.4 is 10.6 Å². The van der Waals surface area contributed by atoms with Crippen molar-refractivity contribution < 1.29 is 13.9 Å². The predicted molar refractivity (Wildman–Crippen MR) is 103 cm³/mol. The molecule has 3 saturated heterocycles. The van der Waals surface area contributed by atoms with Crippen LogP contribution in [0.15, 0.2) is 27.8 Å². The molecule has 0 aliphatic carbocycles. The summed E-state index contributed by atoms with van der Waals surface area (Å²) in [6.45, 7) is 4.97. The van der Waals surface area contributed by atoms with Crippen LogP contribution >= 0.6 is 0 Å². The Morgan fingerprint density at radius 1 is 1.44 bits per heavy atom. The van der Waals surface area contributed by atoms with Gasteiger partial charge in [0, 0.05) is 51.0 Å². The first kappa shape index (κ1) is 18.3. The second kappa shape index (κ2) is 8.33. The Morgan fingerprint density at radius 3 is 3.15 bits per heavy atom. The number of carbonyl (C=O) groups is 1. The lowest BCUT2D eigenvalue weighted by atomic mass is 9.79. The van der Waals surface area contributed by atoms with Crippen LogP contribution in [-0.2, 0) is 16.0 Å². The fourth-order valence-electron chi connectivity index (χ4n) is 4.43. The summed E-state index contributed by atoms with van der Waals surface area (Å²) < 4.78 is 11.2. The maximum Gasteiger partial charge on any atom is 0.220 e. The molecule has 27 heavy (non-hydrogen) atoms. The molecule has 7 heteroatoms. The number of carbonyl (C=O) groups excluding carboxylic acids is 1. The Kier molecular flexibility index (Phi) is 5.66. The molecule has 3 aliphatic heterocycles. The molecule has 3 fully saturated rings. The van der Waals surface area contributed by atoms with Crippen LogP contribution in [0.1, 0.15) is 37.9 Å². The third kappa shape index (κ3) is 4.64. The number of hydrogen-bond acceptors (Lipinski definition) is 4.